The summed E-state index contributed by atoms with van der Waals surface area (Å²) < 4.78 is 1.85. The minimum Gasteiger partial charge on any atom is -0.351 e. The number of anilines is 2. The van der Waals surface area contributed by atoms with E-state index in [2.05, 4.69) is 39.8 Å². The lowest BCUT2D eigenvalue weighted by Crippen LogP contribution is -2.24. The number of carbonyl (C=O) groups is 1. The summed E-state index contributed by atoms with van der Waals surface area (Å²) in [7, 11) is 0. The van der Waals surface area contributed by atoms with Gasteiger partial charge in [-0.05, 0) is 32.9 Å². The highest BCUT2D eigenvalue weighted by atomic mass is 16.1. The van der Waals surface area contributed by atoms with Crippen LogP contribution in [-0.2, 0) is 0 Å². The van der Waals surface area contributed by atoms with E-state index in [0.29, 0.717) is 24.1 Å². The molecule has 7 heteroatoms. The van der Waals surface area contributed by atoms with E-state index in [-0.39, 0.29) is 5.91 Å². The molecule has 2 rings (SSSR count). The third-order valence-electron chi connectivity index (χ3n) is 2.64. The Morgan fingerprint density at radius 3 is 2.70 bits per heavy atom. The van der Waals surface area contributed by atoms with Gasteiger partial charge in [0.15, 0.2) is 11.5 Å². The van der Waals surface area contributed by atoms with E-state index in [4.69, 9.17) is 0 Å². The molecule has 0 aliphatic rings. The van der Waals surface area contributed by atoms with E-state index in [9.17, 15) is 4.79 Å². The monoisotopic (exact) mass is 274 g/mol. The maximum absolute atomic E-state index is 11.5. The van der Waals surface area contributed by atoms with Crippen molar-refractivity contribution in [2.45, 2.75) is 26.8 Å². The molecule has 0 bridgehead atoms. The third kappa shape index (κ3) is 3.31. The van der Waals surface area contributed by atoms with Crippen molar-refractivity contribution in [2.24, 2.45) is 0 Å². The van der Waals surface area contributed by atoms with Crippen LogP contribution in [0.4, 0.5) is 11.5 Å². The number of nitrogens with one attached hydrogen (secondary N) is 2. The van der Waals surface area contributed by atoms with Crippen LogP contribution in [0.1, 0.15) is 37.3 Å². The zero-order valence-corrected chi connectivity index (χ0v) is 11.8. The maximum atomic E-state index is 11.5. The molecule has 2 heterocycles. The minimum atomic E-state index is -0.223. The lowest BCUT2D eigenvalue weighted by Gasteiger charge is -2.04. The van der Waals surface area contributed by atoms with E-state index in [1.165, 1.54) is 0 Å². The topological polar surface area (TPSA) is 84.7 Å². The number of amides is 1. The minimum absolute atomic E-state index is 0.223. The Hall–Kier alpha value is -2.44. The first-order chi connectivity index (χ1) is 9.60. The second kappa shape index (κ2) is 6.14. The van der Waals surface area contributed by atoms with Crippen molar-refractivity contribution in [2.75, 3.05) is 11.9 Å². The number of hydrogen-bond donors (Lipinski definition) is 2. The van der Waals surface area contributed by atoms with Crippen LogP contribution in [0.5, 0.6) is 0 Å². The highest BCUT2D eigenvalue weighted by Crippen LogP contribution is 2.14. The quantitative estimate of drug-likeness (QED) is 0.867. The van der Waals surface area contributed by atoms with Gasteiger partial charge in [0.1, 0.15) is 0 Å². The maximum Gasteiger partial charge on any atom is 0.271 e. The van der Waals surface area contributed by atoms with Gasteiger partial charge in [-0.1, -0.05) is 0 Å². The molecule has 0 radical (unpaired) electrons. The van der Waals surface area contributed by atoms with E-state index in [1.807, 2.05) is 17.8 Å². The standard InChI is InChI=1S/C13H18N6O/c1-4-14-13(20)11-5-6-12(18-17-11)16-10-7-15-19(8-10)9(2)3/h5-9H,4H2,1-3H3,(H,14,20)(H,16,18). The first-order valence-electron chi connectivity index (χ1n) is 6.53. The molecule has 0 atom stereocenters. The van der Waals surface area contributed by atoms with Crippen LogP contribution in [0.2, 0.25) is 0 Å². The third-order valence-corrected chi connectivity index (χ3v) is 2.64. The van der Waals surface area contributed by atoms with Crippen molar-refractivity contribution in [1.82, 2.24) is 25.3 Å². The van der Waals surface area contributed by atoms with Gasteiger partial charge in [-0.3, -0.25) is 9.48 Å². The highest BCUT2D eigenvalue weighted by Gasteiger charge is 2.07. The van der Waals surface area contributed by atoms with Gasteiger partial charge in [-0.2, -0.15) is 5.10 Å². The summed E-state index contributed by atoms with van der Waals surface area (Å²) in [5.74, 6) is 0.348. The number of carbonyl (C=O) groups excluding carboxylic acids is 1. The fourth-order valence-electron chi connectivity index (χ4n) is 1.60. The Morgan fingerprint density at radius 1 is 1.35 bits per heavy atom. The van der Waals surface area contributed by atoms with E-state index < -0.39 is 0 Å². The lowest BCUT2D eigenvalue weighted by atomic mass is 10.3. The van der Waals surface area contributed by atoms with Crippen molar-refractivity contribution in [3.63, 3.8) is 0 Å². The molecule has 2 N–H and O–H groups in total. The molecule has 2 aromatic rings. The van der Waals surface area contributed by atoms with Crippen LogP contribution < -0.4 is 10.6 Å². The predicted molar refractivity (Wildman–Crippen MR) is 75.9 cm³/mol. The van der Waals surface area contributed by atoms with Crippen molar-refractivity contribution in [1.29, 1.82) is 0 Å². The molecule has 0 saturated heterocycles. The number of nitrogens with zero attached hydrogens (tertiary/aromatic N) is 4. The molecule has 0 spiro atoms. The molecule has 0 fully saturated rings. The first kappa shape index (κ1) is 14.0. The summed E-state index contributed by atoms with van der Waals surface area (Å²) >= 11 is 0. The SMILES string of the molecule is CCNC(=O)c1ccc(Nc2cnn(C(C)C)c2)nn1. The molecule has 7 nitrogen and oxygen atoms in total. The summed E-state index contributed by atoms with van der Waals surface area (Å²) in [6.07, 6.45) is 3.61. The summed E-state index contributed by atoms with van der Waals surface area (Å²) in [6, 6.07) is 3.65. The summed E-state index contributed by atoms with van der Waals surface area (Å²) in [5, 5.41) is 17.8. The van der Waals surface area contributed by atoms with Crippen molar-refractivity contribution in [3.05, 3.63) is 30.2 Å². The Balaban J connectivity index is 2.04. The van der Waals surface area contributed by atoms with Crippen LogP contribution in [0, 0.1) is 0 Å². The largest absolute Gasteiger partial charge is 0.351 e. The van der Waals surface area contributed by atoms with Crippen LogP contribution in [0.15, 0.2) is 24.5 Å². The number of aromatic nitrogens is 4. The summed E-state index contributed by atoms with van der Waals surface area (Å²) in [6.45, 7) is 6.53. The van der Waals surface area contributed by atoms with Crippen LogP contribution in [0.3, 0.4) is 0 Å². The summed E-state index contributed by atoms with van der Waals surface area (Å²) in [5.41, 5.74) is 1.13. The van der Waals surface area contributed by atoms with Gasteiger partial charge in [0, 0.05) is 18.8 Å². The second-order valence-corrected chi connectivity index (χ2v) is 4.59. The zero-order valence-electron chi connectivity index (χ0n) is 11.8. The van der Waals surface area contributed by atoms with Gasteiger partial charge in [-0.25, -0.2) is 0 Å². The molecular formula is C13H18N6O. The van der Waals surface area contributed by atoms with Gasteiger partial charge in [-0.15, -0.1) is 10.2 Å². The van der Waals surface area contributed by atoms with E-state index >= 15 is 0 Å². The van der Waals surface area contributed by atoms with E-state index in [1.54, 1.807) is 18.3 Å². The fraction of sp³-hybridized carbons (Fsp3) is 0.385. The smallest absolute Gasteiger partial charge is 0.271 e. The lowest BCUT2D eigenvalue weighted by molar-refractivity contribution is 0.0950. The van der Waals surface area contributed by atoms with Gasteiger partial charge < -0.3 is 10.6 Å². The average Bonchev–Trinajstić information content (AvgIpc) is 2.88. The Bertz CT molecular complexity index is 575. The predicted octanol–water partition coefficient (Wildman–Crippen LogP) is 1.75. The number of hydrogen-bond acceptors (Lipinski definition) is 5. The van der Waals surface area contributed by atoms with Crippen molar-refractivity contribution >= 4 is 17.4 Å². The molecule has 1 amide bonds. The fourth-order valence-corrected chi connectivity index (χ4v) is 1.60. The molecule has 0 saturated carbocycles. The molecule has 0 unspecified atom stereocenters. The number of rotatable bonds is 5. The molecule has 0 aliphatic carbocycles. The molecule has 106 valence electrons. The summed E-state index contributed by atoms with van der Waals surface area (Å²) in [4.78, 5) is 11.5. The molecule has 0 aromatic carbocycles. The van der Waals surface area contributed by atoms with Gasteiger partial charge in [0.2, 0.25) is 0 Å². The van der Waals surface area contributed by atoms with Crippen molar-refractivity contribution < 1.29 is 4.79 Å². The second-order valence-electron chi connectivity index (χ2n) is 4.59. The first-order valence-corrected chi connectivity index (χ1v) is 6.53. The van der Waals surface area contributed by atoms with Crippen molar-refractivity contribution in [3.8, 4) is 0 Å². The van der Waals surface area contributed by atoms with Gasteiger partial charge in [0.05, 0.1) is 11.9 Å². The Morgan fingerprint density at radius 2 is 2.15 bits per heavy atom. The highest BCUT2D eigenvalue weighted by molar-refractivity contribution is 5.92. The van der Waals surface area contributed by atoms with Gasteiger partial charge >= 0.3 is 0 Å². The molecule has 20 heavy (non-hydrogen) atoms. The van der Waals surface area contributed by atoms with Gasteiger partial charge in [0.25, 0.3) is 5.91 Å². The molecular weight excluding hydrogens is 256 g/mol. The van der Waals surface area contributed by atoms with Crippen LogP contribution in [0.25, 0.3) is 0 Å². The van der Waals surface area contributed by atoms with E-state index in [0.717, 1.165) is 5.69 Å². The van der Waals surface area contributed by atoms with Crippen LogP contribution in [-0.4, -0.2) is 32.4 Å². The Kier molecular flexibility index (Phi) is 4.29. The molecule has 0 aliphatic heterocycles. The van der Waals surface area contributed by atoms with Crippen LogP contribution >= 0.6 is 0 Å². The Labute approximate surface area is 117 Å². The normalized spacial score (nSPS) is 10.6. The molecule has 2 aromatic heterocycles. The zero-order chi connectivity index (χ0) is 14.5. The average molecular weight is 274 g/mol.